The summed E-state index contributed by atoms with van der Waals surface area (Å²) >= 11 is 1.25. The van der Waals surface area contributed by atoms with Gasteiger partial charge in [-0.25, -0.2) is 23.7 Å². The normalized spacial score (nSPS) is 16.8. The minimum Gasteiger partial charge on any atom is -0.340 e. The summed E-state index contributed by atoms with van der Waals surface area (Å²) in [6.07, 6.45) is 5.01. The number of anilines is 2. The van der Waals surface area contributed by atoms with Crippen LogP contribution in [0.4, 0.5) is 19.9 Å². The van der Waals surface area contributed by atoms with Crippen molar-refractivity contribution in [1.82, 2.24) is 15.0 Å². The maximum absolute atomic E-state index is 13.4. The van der Waals surface area contributed by atoms with E-state index in [0.29, 0.717) is 28.9 Å². The van der Waals surface area contributed by atoms with Crippen LogP contribution in [0.5, 0.6) is 0 Å². The molecule has 6 nitrogen and oxygen atoms in total. The standard InChI is InChI=1S/C19H17F2N5OS/c20-14-5-4-12(9-15(14)21)16-11-28-19(24-16)25-17(27)13-3-1-8-26(10-13)18-22-6-2-7-23-18/h2,4-7,9,11,13H,1,3,8,10H2,(H,24,25,27). The molecular formula is C19H17F2N5OS. The third kappa shape index (κ3) is 3.99. The van der Waals surface area contributed by atoms with Gasteiger partial charge in [0.05, 0.1) is 11.6 Å². The van der Waals surface area contributed by atoms with Gasteiger partial charge >= 0.3 is 0 Å². The number of rotatable bonds is 4. The summed E-state index contributed by atoms with van der Waals surface area (Å²) in [6.45, 7) is 1.35. The zero-order valence-corrected chi connectivity index (χ0v) is 15.6. The van der Waals surface area contributed by atoms with Crippen LogP contribution in [-0.4, -0.2) is 33.9 Å². The number of amides is 1. The van der Waals surface area contributed by atoms with Gasteiger partial charge in [0.25, 0.3) is 0 Å². The number of thiazole rings is 1. The molecule has 28 heavy (non-hydrogen) atoms. The first-order chi connectivity index (χ1) is 13.6. The minimum absolute atomic E-state index is 0.119. The lowest BCUT2D eigenvalue weighted by atomic mass is 9.97. The minimum atomic E-state index is -0.929. The summed E-state index contributed by atoms with van der Waals surface area (Å²) in [5.41, 5.74) is 0.947. The topological polar surface area (TPSA) is 71.0 Å². The lowest BCUT2D eigenvalue weighted by Crippen LogP contribution is -2.41. The molecule has 4 rings (SSSR count). The molecule has 1 fully saturated rings. The monoisotopic (exact) mass is 401 g/mol. The summed E-state index contributed by atoms with van der Waals surface area (Å²) in [4.78, 5) is 27.5. The molecule has 2 aromatic heterocycles. The van der Waals surface area contributed by atoms with Gasteiger partial charge < -0.3 is 10.2 Å². The Morgan fingerprint density at radius 1 is 1.21 bits per heavy atom. The molecule has 1 saturated heterocycles. The maximum atomic E-state index is 13.4. The number of carbonyl (C=O) groups is 1. The van der Waals surface area contributed by atoms with Crippen molar-refractivity contribution in [3.8, 4) is 11.3 Å². The van der Waals surface area contributed by atoms with Crippen molar-refractivity contribution in [2.24, 2.45) is 5.92 Å². The molecular weight excluding hydrogens is 384 g/mol. The predicted octanol–water partition coefficient (Wildman–Crippen LogP) is 3.73. The van der Waals surface area contributed by atoms with E-state index in [2.05, 4.69) is 20.3 Å². The molecule has 1 atom stereocenters. The van der Waals surface area contributed by atoms with E-state index in [9.17, 15) is 13.6 Å². The Labute approximate surface area is 164 Å². The fourth-order valence-corrected chi connectivity index (χ4v) is 3.88. The highest BCUT2D eigenvalue weighted by molar-refractivity contribution is 7.14. The first kappa shape index (κ1) is 18.4. The zero-order valence-electron chi connectivity index (χ0n) is 14.8. The number of piperidine rings is 1. The fourth-order valence-electron chi connectivity index (χ4n) is 3.15. The average Bonchev–Trinajstić information content (AvgIpc) is 3.19. The van der Waals surface area contributed by atoms with Crippen LogP contribution in [0.25, 0.3) is 11.3 Å². The molecule has 144 valence electrons. The van der Waals surface area contributed by atoms with Crippen LogP contribution in [0.1, 0.15) is 12.8 Å². The molecule has 1 unspecified atom stereocenters. The zero-order chi connectivity index (χ0) is 19.5. The van der Waals surface area contributed by atoms with E-state index in [4.69, 9.17) is 0 Å². The third-order valence-electron chi connectivity index (χ3n) is 4.58. The fraction of sp³-hybridized carbons (Fsp3) is 0.263. The van der Waals surface area contributed by atoms with Gasteiger partial charge in [-0.05, 0) is 37.1 Å². The number of hydrogen-bond acceptors (Lipinski definition) is 6. The quantitative estimate of drug-likeness (QED) is 0.721. The van der Waals surface area contributed by atoms with Gasteiger partial charge in [-0.1, -0.05) is 0 Å². The second-order valence-corrected chi connectivity index (χ2v) is 7.35. The second kappa shape index (κ2) is 7.97. The Hall–Kier alpha value is -2.94. The van der Waals surface area contributed by atoms with Crippen molar-refractivity contribution in [3.05, 3.63) is 53.7 Å². The number of benzene rings is 1. The van der Waals surface area contributed by atoms with Gasteiger partial charge in [-0.3, -0.25) is 4.79 Å². The number of nitrogens with one attached hydrogen (secondary N) is 1. The number of aromatic nitrogens is 3. The molecule has 1 aromatic carbocycles. The lowest BCUT2D eigenvalue weighted by Gasteiger charge is -2.31. The van der Waals surface area contributed by atoms with Gasteiger partial charge in [0.15, 0.2) is 16.8 Å². The molecule has 3 heterocycles. The van der Waals surface area contributed by atoms with Crippen LogP contribution < -0.4 is 10.2 Å². The van der Waals surface area contributed by atoms with E-state index in [1.54, 1.807) is 23.8 Å². The van der Waals surface area contributed by atoms with E-state index < -0.39 is 11.6 Å². The predicted molar refractivity (Wildman–Crippen MR) is 103 cm³/mol. The molecule has 0 radical (unpaired) electrons. The van der Waals surface area contributed by atoms with E-state index in [-0.39, 0.29) is 11.8 Å². The molecule has 1 aliphatic heterocycles. The van der Waals surface area contributed by atoms with Crippen LogP contribution in [0.2, 0.25) is 0 Å². The molecule has 9 heteroatoms. The van der Waals surface area contributed by atoms with E-state index in [0.717, 1.165) is 31.5 Å². The molecule has 0 bridgehead atoms. The van der Waals surface area contributed by atoms with Crippen molar-refractivity contribution in [1.29, 1.82) is 0 Å². The Morgan fingerprint density at radius 2 is 2.04 bits per heavy atom. The summed E-state index contributed by atoms with van der Waals surface area (Å²) in [5, 5.41) is 4.96. The van der Waals surface area contributed by atoms with E-state index in [1.807, 2.05) is 4.90 Å². The maximum Gasteiger partial charge on any atom is 0.231 e. The van der Waals surface area contributed by atoms with Gasteiger partial charge in [0.2, 0.25) is 11.9 Å². The van der Waals surface area contributed by atoms with Gasteiger partial charge in [-0.2, -0.15) is 0 Å². The Bertz CT molecular complexity index is 981. The molecule has 0 saturated carbocycles. The number of carbonyl (C=O) groups excluding carboxylic acids is 1. The SMILES string of the molecule is O=C(Nc1nc(-c2ccc(F)c(F)c2)cs1)C1CCCN(c2ncccn2)C1. The van der Waals surface area contributed by atoms with Crippen molar-refractivity contribution in [3.63, 3.8) is 0 Å². The smallest absolute Gasteiger partial charge is 0.231 e. The first-order valence-electron chi connectivity index (χ1n) is 8.84. The van der Waals surface area contributed by atoms with Crippen molar-refractivity contribution in [2.75, 3.05) is 23.3 Å². The Morgan fingerprint density at radius 3 is 2.82 bits per heavy atom. The molecule has 1 amide bonds. The Kier molecular flexibility index (Phi) is 5.25. The van der Waals surface area contributed by atoms with Crippen LogP contribution in [-0.2, 0) is 4.79 Å². The van der Waals surface area contributed by atoms with Crippen LogP contribution in [0.15, 0.2) is 42.0 Å². The highest BCUT2D eigenvalue weighted by atomic mass is 32.1. The first-order valence-corrected chi connectivity index (χ1v) is 9.72. The number of halogens is 2. The van der Waals surface area contributed by atoms with Gasteiger partial charge in [0.1, 0.15) is 0 Å². The summed E-state index contributed by atoms with van der Waals surface area (Å²) in [5.74, 6) is -1.53. The molecule has 0 aliphatic carbocycles. The summed E-state index contributed by atoms with van der Waals surface area (Å²) < 4.78 is 26.5. The summed E-state index contributed by atoms with van der Waals surface area (Å²) in [7, 11) is 0. The average molecular weight is 401 g/mol. The number of nitrogens with zero attached hydrogens (tertiary/aromatic N) is 4. The Balaban J connectivity index is 1.42. The van der Waals surface area contributed by atoms with Crippen LogP contribution in [0.3, 0.4) is 0 Å². The molecule has 3 aromatic rings. The van der Waals surface area contributed by atoms with Crippen molar-refractivity contribution in [2.45, 2.75) is 12.8 Å². The third-order valence-corrected chi connectivity index (χ3v) is 5.33. The largest absolute Gasteiger partial charge is 0.340 e. The van der Waals surface area contributed by atoms with Crippen LogP contribution in [0, 0.1) is 17.6 Å². The van der Waals surface area contributed by atoms with E-state index >= 15 is 0 Å². The molecule has 1 N–H and O–H groups in total. The number of hydrogen-bond donors (Lipinski definition) is 1. The highest BCUT2D eigenvalue weighted by Crippen LogP contribution is 2.27. The highest BCUT2D eigenvalue weighted by Gasteiger charge is 2.27. The van der Waals surface area contributed by atoms with Crippen molar-refractivity contribution < 1.29 is 13.6 Å². The second-order valence-electron chi connectivity index (χ2n) is 6.49. The van der Waals surface area contributed by atoms with Gasteiger partial charge in [0, 0.05) is 36.4 Å². The van der Waals surface area contributed by atoms with Gasteiger partial charge in [-0.15, -0.1) is 11.3 Å². The molecule has 0 spiro atoms. The molecule has 1 aliphatic rings. The van der Waals surface area contributed by atoms with Crippen LogP contribution >= 0.6 is 11.3 Å². The van der Waals surface area contributed by atoms with Crippen molar-refractivity contribution >= 4 is 28.3 Å². The van der Waals surface area contributed by atoms with E-state index in [1.165, 1.54) is 17.4 Å². The summed E-state index contributed by atoms with van der Waals surface area (Å²) in [6, 6.07) is 5.36. The lowest BCUT2D eigenvalue weighted by molar-refractivity contribution is -0.120.